The topological polar surface area (TPSA) is 84.5 Å². The van der Waals surface area contributed by atoms with Crippen molar-refractivity contribution in [3.8, 4) is 5.75 Å². The van der Waals surface area contributed by atoms with Crippen molar-refractivity contribution in [1.29, 1.82) is 0 Å². The maximum Gasteiger partial charge on any atom is 0.261 e. The molecule has 0 atom stereocenters. The molecule has 2 N–H and O–H groups in total. The van der Waals surface area contributed by atoms with Crippen molar-refractivity contribution in [1.82, 2.24) is 0 Å². The number of ether oxygens (including phenoxy) is 1. The number of carbonyl (C=O) groups excluding carboxylic acids is 1. The molecule has 1 amide bonds. The lowest BCUT2D eigenvalue weighted by Crippen LogP contribution is -2.16. The van der Waals surface area contributed by atoms with Gasteiger partial charge in [0.05, 0.1) is 28.9 Å². The minimum absolute atomic E-state index is 0.0792. The van der Waals surface area contributed by atoms with E-state index in [1.165, 1.54) is 49.6 Å². The molecule has 9 heteroatoms. The van der Waals surface area contributed by atoms with Crippen LogP contribution in [0, 0.1) is 12.7 Å². The monoisotopic (exact) mass is 448 g/mol. The highest BCUT2D eigenvalue weighted by molar-refractivity contribution is 7.92. The van der Waals surface area contributed by atoms with Crippen LogP contribution in [0.1, 0.15) is 15.9 Å². The fourth-order valence-corrected chi connectivity index (χ4v) is 3.91. The number of sulfonamides is 1. The summed E-state index contributed by atoms with van der Waals surface area (Å²) in [4.78, 5) is 12.3. The summed E-state index contributed by atoms with van der Waals surface area (Å²) in [5.41, 5.74) is 0.997. The minimum Gasteiger partial charge on any atom is -0.495 e. The molecule has 0 saturated carbocycles. The third-order valence-corrected chi connectivity index (χ3v) is 6.06. The number of hydrogen-bond donors (Lipinski definition) is 2. The second-order valence-electron chi connectivity index (χ2n) is 6.37. The standard InChI is InChI=1S/C21H18ClFN2O4S/c1-13-7-8-14(11-17(13)22)25-30(27,28)15-9-10-20(29-2)19(12-15)24-21(26)16-5-3-4-6-18(16)23/h3-12,25H,1-2H3,(H,24,26). The molecule has 0 aliphatic heterocycles. The first-order chi connectivity index (χ1) is 14.2. The Hall–Kier alpha value is -3.10. The highest BCUT2D eigenvalue weighted by Crippen LogP contribution is 2.30. The van der Waals surface area contributed by atoms with Gasteiger partial charge in [-0.2, -0.15) is 0 Å². The average Bonchev–Trinajstić information content (AvgIpc) is 2.70. The number of hydrogen-bond acceptors (Lipinski definition) is 4. The van der Waals surface area contributed by atoms with Gasteiger partial charge in [0.25, 0.3) is 15.9 Å². The zero-order valence-electron chi connectivity index (χ0n) is 16.1. The third-order valence-electron chi connectivity index (χ3n) is 4.27. The van der Waals surface area contributed by atoms with Crippen LogP contribution in [0.2, 0.25) is 5.02 Å². The molecular formula is C21H18ClFN2O4S. The van der Waals surface area contributed by atoms with E-state index >= 15 is 0 Å². The lowest BCUT2D eigenvalue weighted by molar-refractivity contribution is 0.102. The van der Waals surface area contributed by atoms with Crippen LogP contribution in [-0.4, -0.2) is 21.4 Å². The van der Waals surface area contributed by atoms with Gasteiger partial charge in [0, 0.05) is 5.02 Å². The van der Waals surface area contributed by atoms with Crippen LogP contribution in [0.15, 0.2) is 65.6 Å². The van der Waals surface area contributed by atoms with Gasteiger partial charge < -0.3 is 10.1 Å². The Kier molecular flexibility index (Phi) is 6.28. The maximum absolute atomic E-state index is 13.9. The van der Waals surface area contributed by atoms with E-state index in [-0.39, 0.29) is 21.9 Å². The largest absolute Gasteiger partial charge is 0.495 e. The van der Waals surface area contributed by atoms with Crippen LogP contribution >= 0.6 is 11.6 Å². The lowest BCUT2D eigenvalue weighted by atomic mass is 10.2. The van der Waals surface area contributed by atoms with Crippen LogP contribution in [-0.2, 0) is 10.0 Å². The zero-order chi connectivity index (χ0) is 21.9. The average molecular weight is 449 g/mol. The molecule has 0 heterocycles. The number of carbonyl (C=O) groups is 1. The maximum atomic E-state index is 13.9. The summed E-state index contributed by atoms with van der Waals surface area (Å²) in [5, 5.41) is 2.91. The normalized spacial score (nSPS) is 11.1. The number of amides is 1. The van der Waals surface area contributed by atoms with Crippen molar-refractivity contribution in [2.75, 3.05) is 17.1 Å². The number of benzene rings is 3. The summed E-state index contributed by atoms with van der Waals surface area (Å²) < 4.78 is 47.1. The van der Waals surface area contributed by atoms with Crippen molar-refractivity contribution in [2.24, 2.45) is 0 Å². The Morgan fingerprint density at radius 3 is 2.47 bits per heavy atom. The molecule has 3 aromatic rings. The van der Waals surface area contributed by atoms with E-state index in [0.717, 1.165) is 11.6 Å². The van der Waals surface area contributed by atoms with Gasteiger partial charge in [0.1, 0.15) is 11.6 Å². The number of nitrogens with one attached hydrogen (secondary N) is 2. The highest BCUT2D eigenvalue weighted by Gasteiger charge is 2.19. The van der Waals surface area contributed by atoms with E-state index in [4.69, 9.17) is 16.3 Å². The van der Waals surface area contributed by atoms with Gasteiger partial charge in [0.2, 0.25) is 0 Å². The number of halogens is 2. The van der Waals surface area contributed by atoms with Gasteiger partial charge in [-0.1, -0.05) is 29.8 Å². The Labute approximate surface area is 178 Å². The van der Waals surface area contributed by atoms with Crippen LogP contribution in [0.3, 0.4) is 0 Å². The molecule has 6 nitrogen and oxygen atoms in total. The summed E-state index contributed by atoms with van der Waals surface area (Å²) in [5.74, 6) is -1.22. The minimum atomic E-state index is -3.99. The van der Waals surface area contributed by atoms with Crippen molar-refractivity contribution in [3.63, 3.8) is 0 Å². The van der Waals surface area contributed by atoms with Gasteiger partial charge in [-0.05, 0) is 55.0 Å². The molecule has 0 aliphatic carbocycles. The molecule has 0 bridgehead atoms. The zero-order valence-corrected chi connectivity index (χ0v) is 17.6. The Bertz CT molecular complexity index is 1220. The van der Waals surface area contributed by atoms with Crippen molar-refractivity contribution < 1.29 is 22.3 Å². The third kappa shape index (κ3) is 4.72. The van der Waals surface area contributed by atoms with Crippen LogP contribution < -0.4 is 14.8 Å². The van der Waals surface area contributed by atoms with Gasteiger partial charge in [-0.3, -0.25) is 9.52 Å². The molecule has 3 rings (SSSR count). The number of aryl methyl sites for hydroxylation is 1. The van der Waals surface area contributed by atoms with Gasteiger partial charge >= 0.3 is 0 Å². The van der Waals surface area contributed by atoms with E-state index in [9.17, 15) is 17.6 Å². The number of anilines is 2. The molecule has 156 valence electrons. The predicted molar refractivity (Wildman–Crippen MR) is 114 cm³/mol. The Morgan fingerprint density at radius 1 is 1.07 bits per heavy atom. The molecule has 3 aromatic carbocycles. The van der Waals surface area contributed by atoms with E-state index in [1.807, 2.05) is 0 Å². The van der Waals surface area contributed by atoms with Crippen molar-refractivity contribution >= 4 is 38.9 Å². The smallest absolute Gasteiger partial charge is 0.261 e. The SMILES string of the molecule is COc1ccc(S(=O)(=O)Nc2ccc(C)c(Cl)c2)cc1NC(=O)c1ccccc1F. The fourth-order valence-electron chi connectivity index (χ4n) is 2.66. The Balaban J connectivity index is 1.92. The molecule has 0 aliphatic rings. The van der Waals surface area contributed by atoms with Gasteiger partial charge in [-0.15, -0.1) is 0 Å². The van der Waals surface area contributed by atoms with E-state index in [1.54, 1.807) is 19.1 Å². The molecule has 0 saturated heterocycles. The lowest BCUT2D eigenvalue weighted by Gasteiger charge is -2.14. The summed E-state index contributed by atoms with van der Waals surface area (Å²) in [6.07, 6.45) is 0. The summed E-state index contributed by atoms with van der Waals surface area (Å²) in [7, 11) is -2.62. The van der Waals surface area contributed by atoms with E-state index in [2.05, 4.69) is 10.0 Å². The Morgan fingerprint density at radius 2 is 1.80 bits per heavy atom. The van der Waals surface area contributed by atoms with Crippen LogP contribution in [0.25, 0.3) is 0 Å². The number of methoxy groups -OCH3 is 1. The van der Waals surface area contributed by atoms with E-state index in [0.29, 0.717) is 10.7 Å². The molecular weight excluding hydrogens is 431 g/mol. The van der Waals surface area contributed by atoms with Crippen molar-refractivity contribution in [2.45, 2.75) is 11.8 Å². The molecule has 0 unspecified atom stereocenters. The first-order valence-electron chi connectivity index (χ1n) is 8.74. The molecule has 0 radical (unpaired) electrons. The fraction of sp³-hybridized carbons (Fsp3) is 0.0952. The summed E-state index contributed by atoms with van der Waals surface area (Å²) in [6.45, 7) is 1.80. The first kappa shape index (κ1) is 21.6. The number of rotatable bonds is 6. The highest BCUT2D eigenvalue weighted by atomic mass is 35.5. The molecule has 0 spiro atoms. The molecule has 0 aromatic heterocycles. The van der Waals surface area contributed by atoms with Crippen LogP contribution in [0.5, 0.6) is 5.75 Å². The molecule has 30 heavy (non-hydrogen) atoms. The quantitative estimate of drug-likeness (QED) is 0.564. The molecule has 0 fully saturated rings. The second kappa shape index (κ2) is 8.73. The van der Waals surface area contributed by atoms with E-state index < -0.39 is 21.7 Å². The summed E-state index contributed by atoms with van der Waals surface area (Å²) in [6, 6.07) is 14.2. The second-order valence-corrected chi connectivity index (χ2v) is 8.46. The van der Waals surface area contributed by atoms with Gasteiger partial charge in [0.15, 0.2) is 0 Å². The first-order valence-corrected chi connectivity index (χ1v) is 10.6. The van der Waals surface area contributed by atoms with Crippen LogP contribution in [0.4, 0.5) is 15.8 Å². The van der Waals surface area contributed by atoms with Gasteiger partial charge in [-0.25, -0.2) is 12.8 Å². The summed E-state index contributed by atoms with van der Waals surface area (Å²) >= 11 is 6.05. The predicted octanol–water partition coefficient (Wildman–Crippen LogP) is 4.85. The van der Waals surface area contributed by atoms with Crippen molar-refractivity contribution in [3.05, 3.63) is 82.6 Å².